The third-order valence-electron chi connectivity index (χ3n) is 4.20. The Morgan fingerprint density at radius 3 is 2.33 bits per heavy atom. The molecular formula is C13H12F3NO3S. The maximum atomic E-state index is 13.0. The fourth-order valence-electron chi connectivity index (χ4n) is 3.12. The third-order valence-corrected chi connectivity index (χ3v) is 6.74. The lowest BCUT2D eigenvalue weighted by Gasteiger charge is -2.34. The van der Waals surface area contributed by atoms with Gasteiger partial charge in [-0.05, 0) is 25.0 Å². The van der Waals surface area contributed by atoms with Crippen LogP contribution in [0.1, 0.15) is 31.2 Å². The van der Waals surface area contributed by atoms with Crippen molar-refractivity contribution in [1.29, 1.82) is 0 Å². The van der Waals surface area contributed by atoms with Crippen molar-refractivity contribution in [3.8, 4) is 0 Å². The monoisotopic (exact) mass is 319 g/mol. The normalized spacial score (nSPS) is 22.9. The van der Waals surface area contributed by atoms with Crippen LogP contribution in [0, 0.1) is 0 Å². The van der Waals surface area contributed by atoms with Crippen LogP contribution < -0.4 is 5.32 Å². The highest BCUT2D eigenvalue weighted by Crippen LogP contribution is 2.49. The molecule has 1 aliphatic carbocycles. The molecule has 0 unspecified atom stereocenters. The van der Waals surface area contributed by atoms with E-state index in [1.54, 1.807) is 0 Å². The molecule has 1 spiro atoms. The number of alkyl halides is 3. The summed E-state index contributed by atoms with van der Waals surface area (Å²) >= 11 is 0. The van der Waals surface area contributed by atoms with Crippen LogP contribution in [0.15, 0.2) is 23.1 Å². The Labute approximate surface area is 119 Å². The third kappa shape index (κ3) is 1.81. The summed E-state index contributed by atoms with van der Waals surface area (Å²) in [6, 6.07) is 2.94. The largest absolute Gasteiger partial charge is 0.418 e. The van der Waals surface area contributed by atoms with Crippen LogP contribution in [0.25, 0.3) is 0 Å². The summed E-state index contributed by atoms with van der Waals surface area (Å²) in [7, 11) is -4.13. The molecule has 0 aromatic heterocycles. The molecule has 1 amide bonds. The number of para-hydroxylation sites is 1. The van der Waals surface area contributed by atoms with Gasteiger partial charge in [0.05, 0.1) is 16.1 Å². The van der Waals surface area contributed by atoms with Gasteiger partial charge in [0.1, 0.15) is 0 Å². The van der Waals surface area contributed by atoms with E-state index in [9.17, 15) is 26.4 Å². The maximum Gasteiger partial charge on any atom is 0.418 e. The topological polar surface area (TPSA) is 63.2 Å². The highest BCUT2D eigenvalue weighted by atomic mass is 32.2. The Morgan fingerprint density at radius 1 is 1.14 bits per heavy atom. The van der Waals surface area contributed by atoms with Crippen LogP contribution in [0.2, 0.25) is 0 Å². The van der Waals surface area contributed by atoms with E-state index in [-0.39, 0.29) is 12.8 Å². The van der Waals surface area contributed by atoms with Crippen LogP contribution in [0.5, 0.6) is 0 Å². The van der Waals surface area contributed by atoms with Crippen molar-refractivity contribution >= 4 is 21.4 Å². The predicted octanol–water partition coefficient (Wildman–Crippen LogP) is 2.74. The van der Waals surface area contributed by atoms with Gasteiger partial charge in [0, 0.05) is 0 Å². The van der Waals surface area contributed by atoms with Crippen molar-refractivity contribution in [1.82, 2.24) is 0 Å². The van der Waals surface area contributed by atoms with Crippen molar-refractivity contribution in [3.05, 3.63) is 23.8 Å². The van der Waals surface area contributed by atoms with Crippen LogP contribution in [-0.4, -0.2) is 19.1 Å². The Kier molecular flexibility index (Phi) is 2.89. The summed E-state index contributed by atoms with van der Waals surface area (Å²) in [5.74, 6) is -0.843. The average Bonchev–Trinajstić information content (AvgIpc) is 2.86. The number of carbonyl (C=O) groups excluding carboxylic acids is 1. The second-order valence-electron chi connectivity index (χ2n) is 5.34. The van der Waals surface area contributed by atoms with Gasteiger partial charge in [-0.1, -0.05) is 18.9 Å². The summed E-state index contributed by atoms with van der Waals surface area (Å²) in [6.07, 6.45) is -3.29. The maximum absolute atomic E-state index is 13.0. The lowest BCUT2D eigenvalue weighted by atomic mass is 10.0. The van der Waals surface area contributed by atoms with Gasteiger partial charge in [0.25, 0.3) is 0 Å². The van der Waals surface area contributed by atoms with Crippen LogP contribution in [0.3, 0.4) is 0 Å². The highest BCUT2D eigenvalue weighted by molar-refractivity contribution is 7.94. The van der Waals surface area contributed by atoms with Crippen molar-refractivity contribution in [2.24, 2.45) is 0 Å². The van der Waals surface area contributed by atoms with Crippen LogP contribution in [0.4, 0.5) is 18.9 Å². The summed E-state index contributed by atoms with van der Waals surface area (Å²) in [4.78, 5) is 11.8. The number of rotatable bonds is 0. The number of hydrogen-bond donors (Lipinski definition) is 1. The molecule has 1 N–H and O–H groups in total. The molecule has 1 fully saturated rings. The van der Waals surface area contributed by atoms with Crippen molar-refractivity contribution in [2.45, 2.75) is 41.5 Å². The minimum Gasteiger partial charge on any atom is -0.323 e. The lowest BCUT2D eigenvalue weighted by Crippen LogP contribution is -2.51. The zero-order chi connectivity index (χ0) is 15.5. The zero-order valence-corrected chi connectivity index (χ0v) is 11.6. The molecule has 1 aromatic rings. The highest BCUT2D eigenvalue weighted by Gasteiger charge is 2.57. The summed E-state index contributed by atoms with van der Waals surface area (Å²) < 4.78 is 62.7. The molecule has 1 aromatic carbocycles. The Balaban J connectivity index is 2.28. The molecule has 0 atom stereocenters. The minimum atomic E-state index is -4.73. The first-order valence-electron chi connectivity index (χ1n) is 6.46. The quantitative estimate of drug-likeness (QED) is 0.800. The summed E-state index contributed by atoms with van der Waals surface area (Å²) in [6.45, 7) is 0. The first-order valence-corrected chi connectivity index (χ1v) is 7.95. The second kappa shape index (κ2) is 4.22. The molecular weight excluding hydrogens is 307 g/mol. The van der Waals surface area contributed by atoms with Gasteiger partial charge < -0.3 is 5.32 Å². The molecule has 4 nitrogen and oxygen atoms in total. The number of hydrogen-bond acceptors (Lipinski definition) is 3. The van der Waals surface area contributed by atoms with E-state index in [1.807, 2.05) is 0 Å². The fourth-order valence-corrected chi connectivity index (χ4v) is 5.35. The standard InChI is InChI=1S/C13H12F3NO3S/c14-13(15,16)8-4-3-5-9-10(8)17-11(18)12(21(9,19)20)6-1-2-7-12/h3-5H,1-2,6-7H2,(H,17,18). The Bertz CT molecular complexity index is 719. The van der Waals surface area contributed by atoms with E-state index in [4.69, 9.17) is 0 Å². The van der Waals surface area contributed by atoms with Crippen molar-refractivity contribution in [3.63, 3.8) is 0 Å². The number of anilines is 1. The molecule has 1 aliphatic heterocycles. The number of sulfone groups is 1. The lowest BCUT2D eigenvalue weighted by molar-refractivity contribution is -0.137. The van der Waals surface area contributed by atoms with Gasteiger partial charge in [-0.15, -0.1) is 0 Å². The molecule has 8 heteroatoms. The van der Waals surface area contributed by atoms with Gasteiger partial charge in [-0.3, -0.25) is 4.79 Å². The SMILES string of the molecule is O=C1Nc2c(C(F)(F)F)cccc2S(=O)(=O)C12CCCC2. The van der Waals surface area contributed by atoms with E-state index in [1.165, 1.54) is 0 Å². The number of carbonyl (C=O) groups is 1. The second-order valence-corrected chi connectivity index (χ2v) is 7.56. The molecule has 21 heavy (non-hydrogen) atoms. The number of benzene rings is 1. The average molecular weight is 319 g/mol. The zero-order valence-electron chi connectivity index (χ0n) is 10.8. The number of fused-ring (bicyclic) bond motifs is 1. The fraction of sp³-hybridized carbons (Fsp3) is 0.462. The van der Waals surface area contributed by atoms with Gasteiger partial charge in [-0.25, -0.2) is 8.42 Å². The summed E-state index contributed by atoms with van der Waals surface area (Å²) in [5, 5.41) is 2.19. The summed E-state index contributed by atoms with van der Waals surface area (Å²) in [5.41, 5.74) is -1.78. The molecule has 0 saturated heterocycles. The van der Waals surface area contributed by atoms with Crippen LogP contribution in [-0.2, 0) is 20.8 Å². The number of amides is 1. The van der Waals surface area contributed by atoms with Gasteiger partial charge in [0.15, 0.2) is 14.6 Å². The van der Waals surface area contributed by atoms with Gasteiger partial charge in [-0.2, -0.15) is 13.2 Å². The molecule has 3 rings (SSSR count). The van der Waals surface area contributed by atoms with E-state index < -0.39 is 42.8 Å². The smallest absolute Gasteiger partial charge is 0.323 e. The number of nitrogens with one attached hydrogen (secondary N) is 1. The molecule has 1 heterocycles. The van der Waals surface area contributed by atoms with E-state index in [0.29, 0.717) is 12.8 Å². The Hall–Kier alpha value is -1.57. The molecule has 1 saturated carbocycles. The first-order chi connectivity index (χ1) is 9.70. The van der Waals surface area contributed by atoms with E-state index >= 15 is 0 Å². The Morgan fingerprint density at radius 2 is 1.76 bits per heavy atom. The molecule has 0 radical (unpaired) electrons. The van der Waals surface area contributed by atoms with Crippen molar-refractivity contribution < 1.29 is 26.4 Å². The van der Waals surface area contributed by atoms with Gasteiger partial charge in [0.2, 0.25) is 5.91 Å². The predicted molar refractivity (Wildman–Crippen MR) is 68.5 cm³/mol. The van der Waals surface area contributed by atoms with Gasteiger partial charge >= 0.3 is 6.18 Å². The first kappa shape index (κ1) is 14.4. The minimum absolute atomic E-state index is 0.150. The number of halogens is 3. The van der Waals surface area contributed by atoms with Crippen LogP contribution >= 0.6 is 0 Å². The van der Waals surface area contributed by atoms with E-state index in [0.717, 1.165) is 18.2 Å². The molecule has 2 aliphatic rings. The molecule has 0 bridgehead atoms. The van der Waals surface area contributed by atoms with Crippen molar-refractivity contribution in [2.75, 3.05) is 5.32 Å². The van der Waals surface area contributed by atoms with E-state index in [2.05, 4.69) is 5.32 Å². The molecule has 114 valence electrons.